The molecule has 1 aliphatic heterocycles. The number of benzene rings is 1. The molecule has 1 heterocycles. The van der Waals surface area contributed by atoms with Crippen molar-refractivity contribution in [1.29, 1.82) is 0 Å². The SMILES string of the molecule is Cc1ccc(NC2CNC2)cc1F. The maximum atomic E-state index is 13.1. The van der Waals surface area contributed by atoms with Crippen molar-refractivity contribution in [3.8, 4) is 0 Å². The number of hydrogen-bond donors (Lipinski definition) is 2. The van der Waals surface area contributed by atoms with E-state index in [9.17, 15) is 4.39 Å². The molecule has 1 saturated heterocycles. The van der Waals surface area contributed by atoms with Crippen LogP contribution in [0.1, 0.15) is 5.56 Å². The average molecular weight is 180 g/mol. The third-order valence-corrected chi connectivity index (χ3v) is 2.32. The van der Waals surface area contributed by atoms with Gasteiger partial charge in [-0.25, -0.2) is 4.39 Å². The fraction of sp³-hybridized carbons (Fsp3) is 0.400. The molecule has 2 nitrogen and oxygen atoms in total. The van der Waals surface area contributed by atoms with Crippen LogP contribution in [0.3, 0.4) is 0 Å². The van der Waals surface area contributed by atoms with Crippen LogP contribution in [-0.4, -0.2) is 19.1 Å². The van der Waals surface area contributed by atoms with Gasteiger partial charge in [0.15, 0.2) is 0 Å². The first-order valence-corrected chi connectivity index (χ1v) is 4.49. The topological polar surface area (TPSA) is 24.1 Å². The molecular formula is C10H13FN2. The van der Waals surface area contributed by atoms with E-state index in [1.54, 1.807) is 19.1 Å². The molecule has 0 amide bonds. The number of halogens is 1. The smallest absolute Gasteiger partial charge is 0.128 e. The number of rotatable bonds is 2. The Morgan fingerprint density at radius 2 is 2.23 bits per heavy atom. The van der Waals surface area contributed by atoms with E-state index in [0.29, 0.717) is 11.6 Å². The Hall–Kier alpha value is -1.09. The fourth-order valence-electron chi connectivity index (χ4n) is 1.31. The van der Waals surface area contributed by atoms with Crippen molar-refractivity contribution < 1.29 is 4.39 Å². The molecule has 0 radical (unpaired) electrons. The summed E-state index contributed by atoms with van der Waals surface area (Å²) in [6.45, 7) is 3.70. The van der Waals surface area contributed by atoms with Gasteiger partial charge in [-0.3, -0.25) is 0 Å². The Balaban J connectivity index is 2.07. The van der Waals surface area contributed by atoms with Gasteiger partial charge in [-0.05, 0) is 24.6 Å². The summed E-state index contributed by atoms with van der Waals surface area (Å²) in [5, 5.41) is 6.40. The zero-order valence-corrected chi connectivity index (χ0v) is 7.60. The van der Waals surface area contributed by atoms with Crippen LogP contribution in [0.5, 0.6) is 0 Å². The van der Waals surface area contributed by atoms with E-state index in [4.69, 9.17) is 0 Å². The largest absolute Gasteiger partial charge is 0.380 e. The normalized spacial score (nSPS) is 16.8. The maximum Gasteiger partial charge on any atom is 0.128 e. The van der Waals surface area contributed by atoms with Gasteiger partial charge >= 0.3 is 0 Å². The average Bonchev–Trinajstić information content (AvgIpc) is 2.04. The molecule has 2 rings (SSSR count). The van der Waals surface area contributed by atoms with Gasteiger partial charge in [0.1, 0.15) is 5.82 Å². The lowest BCUT2D eigenvalue weighted by Crippen LogP contribution is -2.51. The molecule has 1 fully saturated rings. The summed E-state index contributed by atoms with van der Waals surface area (Å²) in [7, 11) is 0. The summed E-state index contributed by atoms with van der Waals surface area (Å²) in [4.78, 5) is 0. The highest BCUT2D eigenvalue weighted by molar-refractivity contribution is 5.46. The molecule has 0 aromatic heterocycles. The van der Waals surface area contributed by atoms with E-state index in [0.717, 1.165) is 18.8 Å². The number of aryl methyl sites for hydroxylation is 1. The van der Waals surface area contributed by atoms with Crippen molar-refractivity contribution in [2.75, 3.05) is 18.4 Å². The van der Waals surface area contributed by atoms with E-state index in [1.807, 2.05) is 6.07 Å². The number of hydrogen-bond acceptors (Lipinski definition) is 2. The Morgan fingerprint density at radius 1 is 1.46 bits per heavy atom. The van der Waals surface area contributed by atoms with Gasteiger partial charge in [0.05, 0.1) is 6.04 Å². The van der Waals surface area contributed by atoms with E-state index in [2.05, 4.69) is 10.6 Å². The first-order chi connectivity index (χ1) is 6.25. The molecule has 1 aliphatic rings. The first-order valence-electron chi connectivity index (χ1n) is 4.49. The second kappa shape index (κ2) is 3.34. The predicted octanol–water partition coefficient (Wildman–Crippen LogP) is 1.52. The maximum absolute atomic E-state index is 13.1. The van der Waals surface area contributed by atoms with Gasteiger partial charge < -0.3 is 10.6 Å². The second-order valence-electron chi connectivity index (χ2n) is 3.46. The van der Waals surface area contributed by atoms with Crippen molar-refractivity contribution in [3.63, 3.8) is 0 Å². The summed E-state index contributed by atoms with van der Waals surface area (Å²) in [6, 6.07) is 5.72. The standard InChI is InChI=1S/C10H13FN2/c1-7-2-3-8(4-10(7)11)13-9-5-12-6-9/h2-4,9,12-13H,5-6H2,1H3. The van der Waals surface area contributed by atoms with Crippen LogP contribution in [0.15, 0.2) is 18.2 Å². The third kappa shape index (κ3) is 1.80. The van der Waals surface area contributed by atoms with Crippen LogP contribution in [0.25, 0.3) is 0 Å². The third-order valence-electron chi connectivity index (χ3n) is 2.32. The number of anilines is 1. The highest BCUT2D eigenvalue weighted by Crippen LogP contribution is 2.15. The first kappa shape index (κ1) is 8.51. The van der Waals surface area contributed by atoms with Crippen LogP contribution < -0.4 is 10.6 Å². The Bertz CT molecular complexity index is 308. The summed E-state index contributed by atoms with van der Waals surface area (Å²) in [6.07, 6.45) is 0. The van der Waals surface area contributed by atoms with Gasteiger partial charge in [-0.2, -0.15) is 0 Å². The lowest BCUT2D eigenvalue weighted by molar-refractivity contribution is 0.472. The minimum Gasteiger partial charge on any atom is -0.380 e. The zero-order valence-electron chi connectivity index (χ0n) is 7.60. The van der Waals surface area contributed by atoms with Crippen molar-refractivity contribution in [3.05, 3.63) is 29.6 Å². The van der Waals surface area contributed by atoms with Gasteiger partial charge in [0.2, 0.25) is 0 Å². The van der Waals surface area contributed by atoms with E-state index >= 15 is 0 Å². The fourth-order valence-corrected chi connectivity index (χ4v) is 1.31. The molecule has 13 heavy (non-hydrogen) atoms. The lowest BCUT2D eigenvalue weighted by atomic mass is 10.1. The second-order valence-corrected chi connectivity index (χ2v) is 3.46. The van der Waals surface area contributed by atoms with Gasteiger partial charge in [0, 0.05) is 18.8 Å². The predicted molar refractivity (Wildman–Crippen MR) is 51.4 cm³/mol. The molecule has 0 saturated carbocycles. The summed E-state index contributed by atoms with van der Waals surface area (Å²) < 4.78 is 13.1. The van der Waals surface area contributed by atoms with E-state index < -0.39 is 0 Å². The Kier molecular flexibility index (Phi) is 2.19. The summed E-state index contributed by atoms with van der Waals surface area (Å²) in [5.74, 6) is -0.141. The highest BCUT2D eigenvalue weighted by atomic mass is 19.1. The van der Waals surface area contributed by atoms with Crippen LogP contribution in [0, 0.1) is 12.7 Å². The monoisotopic (exact) mass is 180 g/mol. The van der Waals surface area contributed by atoms with Crippen molar-refractivity contribution in [2.45, 2.75) is 13.0 Å². The zero-order chi connectivity index (χ0) is 9.26. The molecule has 2 N–H and O–H groups in total. The van der Waals surface area contributed by atoms with Crippen LogP contribution in [-0.2, 0) is 0 Å². The summed E-state index contributed by atoms with van der Waals surface area (Å²) in [5.41, 5.74) is 1.56. The molecule has 3 heteroatoms. The highest BCUT2D eigenvalue weighted by Gasteiger charge is 2.15. The summed E-state index contributed by atoms with van der Waals surface area (Å²) >= 11 is 0. The number of nitrogens with one attached hydrogen (secondary N) is 2. The van der Waals surface area contributed by atoms with Crippen molar-refractivity contribution in [2.24, 2.45) is 0 Å². The minimum absolute atomic E-state index is 0.141. The minimum atomic E-state index is -0.141. The molecule has 0 bridgehead atoms. The Morgan fingerprint density at radius 3 is 2.77 bits per heavy atom. The van der Waals surface area contributed by atoms with Gasteiger partial charge in [-0.1, -0.05) is 6.07 Å². The molecular weight excluding hydrogens is 167 g/mol. The van der Waals surface area contributed by atoms with Crippen molar-refractivity contribution >= 4 is 5.69 Å². The lowest BCUT2D eigenvalue weighted by Gasteiger charge is -2.29. The van der Waals surface area contributed by atoms with E-state index in [-0.39, 0.29) is 5.82 Å². The quantitative estimate of drug-likeness (QED) is 0.721. The van der Waals surface area contributed by atoms with Crippen LogP contribution in [0.2, 0.25) is 0 Å². The molecule has 0 aliphatic carbocycles. The molecule has 0 atom stereocenters. The molecule has 0 spiro atoms. The van der Waals surface area contributed by atoms with Crippen molar-refractivity contribution in [1.82, 2.24) is 5.32 Å². The van der Waals surface area contributed by atoms with Crippen LogP contribution >= 0.6 is 0 Å². The molecule has 1 aromatic carbocycles. The molecule has 1 aromatic rings. The van der Waals surface area contributed by atoms with Crippen LogP contribution in [0.4, 0.5) is 10.1 Å². The Labute approximate surface area is 77.2 Å². The molecule has 0 unspecified atom stereocenters. The van der Waals surface area contributed by atoms with Gasteiger partial charge in [0.25, 0.3) is 0 Å². The van der Waals surface area contributed by atoms with E-state index in [1.165, 1.54) is 0 Å². The van der Waals surface area contributed by atoms with Gasteiger partial charge in [-0.15, -0.1) is 0 Å². The molecule has 70 valence electrons.